The van der Waals surface area contributed by atoms with Gasteiger partial charge in [0.05, 0.1) is 17.0 Å². The van der Waals surface area contributed by atoms with E-state index in [2.05, 4.69) is 4.84 Å². The van der Waals surface area contributed by atoms with Gasteiger partial charge in [0.25, 0.3) is 10.6 Å². The number of aromatic nitrogens is 1. The third-order valence-electron chi connectivity index (χ3n) is 6.47. The highest BCUT2D eigenvalue weighted by molar-refractivity contribution is 7.89. The van der Waals surface area contributed by atoms with Crippen LogP contribution in [0.4, 0.5) is 0 Å². The molecule has 0 amide bonds. The first kappa shape index (κ1) is 29.0. The van der Waals surface area contributed by atoms with Crippen molar-refractivity contribution in [2.24, 2.45) is 5.73 Å². The maximum absolute atomic E-state index is 13.5. The van der Waals surface area contributed by atoms with Gasteiger partial charge in [-0.25, -0.2) is 13.2 Å². The Morgan fingerprint density at radius 2 is 1.97 bits per heavy atom. The highest BCUT2D eigenvalue weighted by Crippen LogP contribution is 2.29. The number of aromatic carboxylic acids is 1. The lowest BCUT2D eigenvalue weighted by Gasteiger charge is -2.19. The summed E-state index contributed by atoms with van der Waals surface area (Å²) in [6, 6.07) is 8.78. The number of carbonyl (C=O) groups is 1. The van der Waals surface area contributed by atoms with Crippen LogP contribution in [0.25, 0.3) is 10.8 Å². The van der Waals surface area contributed by atoms with Crippen molar-refractivity contribution in [2.45, 2.75) is 37.2 Å². The van der Waals surface area contributed by atoms with Gasteiger partial charge in [0.2, 0.25) is 10.0 Å². The molecule has 1 aliphatic rings. The van der Waals surface area contributed by atoms with E-state index in [-0.39, 0.29) is 60.4 Å². The molecule has 0 aliphatic carbocycles. The summed E-state index contributed by atoms with van der Waals surface area (Å²) in [5.41, 5.74) is 6.66. The maximum atomic E-state index is 13.5. The lowest BCUT2D eigenvalue weighted by atomic mass is 9.98. The van der Waals surface area contributed by atoms with Gasteiger partial charge >= 0.3 is 5.97 Å². The predicted octanol–water partition coefficient (Wildman–Crippen LogP) is 1.95. The Hall–Kier alpha value is -3.52. The number of nitrogens with zero attached hydrogens (tertiary/aromatic N) is 3. The zero-order valence-electron chi connectivity index (χ0n) is 20.4. The molecular formula is C24H27ClN4O8S. The van der Waals surface area contributed by atoms with Crippen molar-refractivity contribution in [1.29, 1.82) is 0 Å². The van der Waals surface area contributed by atoms with Crippen LogP contribution in [-0.2, 0) is 27.8 Å². The smallest absolute Gasteiger partial charge is 0.336 e. The van der Waals surface area contributed by atoms with Gasteiger partial charge in [-0.3, -0.25) is 4.79 Å². The van der Waals surface area contributed by atoms with Crippen molar-refractivity contribution in [1.82, 2.24) is 8.87 Å². The van der Waals surface area contributed by atoms with Crippen LogP contribution >= 0.6 is 12.4 Å². The number of pyridine rings is 1. The molecule has 3 aromatic rings. The van der Waals surface area contributed by atoms with E-state index in [0.29, 0.717) is 35.0 Å². The van der Waals surface area contributed by atoms with E-state index >= 15 is 0 Å². The zero-order valence-corrected chi connectivity index (χ0v) is 22.0. The Kier molecular flexibility index (Phi) is 8.77. The molecule has 1 aromatic heterocycles. The van der Waals surface area contributed by atoms with Crippen LogP contribution in [0.2, 0.25) is 0 Å². The highest BCUT2D eigenvalue weighted by atomic mass is 35.5. The molecule has 1 saturated heterocycles. The van der Waals surface area contributed by atoms with Gasteiger partial charge in [0.1, 0.15) is 6.61 Å². The number of carboxylic acids is 1. The van der Waals surface area contributed by atoms with Gasteiger partial charge in [-0.15, -0.1) is 22.5 Å². The summed E-state index contributed by atoms with van der Waals surface area (Å²) in [7, 11) is -3.89. The Bertz CT molecular complexity index is 1560. The Morgan fingerprint density at radius 1 is 1.26 bits per heavy atom. The molecule has 2 heterocycles. The van der Waals surface area contributed by atoms with Crippen molar-refractivity contribution in [3.63, 3.8) is 0 Å². The van der Waals surface area contributed by atoms with Gasteiger partial charge < -0.3 is 20.2 Å². The number of sulfonamides is 1. The van der Waals surface area contributed by atoms with Crippen molar-refractivity contribution in [3.8, 4) is 0 Å². The molecule has 0 bridgehead atoms. The number of rotatable bonds is 9. The predicted molar refractivity (Wildman–Crippen MR) is 141 cm³/mol. The minimum absolute atomic E-state index is 0. The molecule has 12 nitrogen and oxygen atoms in total. The molecule has 1 aliphatic heterocycles. The average molecular weight is 567 g/mol. The van der Waals surface area contributed by atoms with Gasteiger partial charge in [0.15, 0.2) is 0 Å². The summed E-state index contributed by atoms with van der Waals surface area (Å²) in [5, 5.41) is 19.8. The van der Waals surface area contributed by atoms with Crippen LogP contribution in [0.1, 0.15) is 33.5 Å². The monoisotopic (exact) mass is 566 g/mol. The van der Waals surface area contributed by atoms with E-state index < -0.39 is 26.6 Å². The van der Waals surface area contributed by atoms with Crippen LogP contribution in [0.3, 0.4) is 0 Å². The summed E-state index contributed by atoms with van der Waals surface area (Å²) >= 11 is 0. The molecule has 14 heteroatoms. The second-order valence-corrected chi connectivity index (χ2v) is 10.8. The van der Waals surface area contributed by atoms with E-state index in [1.54, 1.807) is 13.0 Å². The average Bonchev–Trinajstić information content (AvgIpc) is 3.29. The Labute approximate surface area is 224 Å². The number of benzene rings is 2. The molecule has 0 radical (unpaired) electrons. The fraction of sp³-hybridized carbons (Fsp3) is 0.333. The third-order valence-corrected chi connectivity index (χ3v) is 8.37. The highest BCUT2D eigenvalue weighted by Gasteiger charge is 2.32. The lowest BCUT2D eigenvalue weighted by Crippen LogP contribution is -2.32. The standard InChI is InChI=1S/C24H26N4O8S.ClH/c1-15-12-26(14-20-16(9-11-36-28(32)33)4-2-5-18(20)24(30)31)23(29)19-6-3-7-21(22(15)19)37(34,35)27-10-8-17(25)13-27;/h2-7,12,17H,8-11,13-14,25H2,1H3,(H,30,31);1H/t17-;/m0./s1. The molecule has 0 spiro atoms. The zero-order chi connectivity index (χ0) is 26.9. The minimum Gasteiger partial charge on any atom is -0.478 e. The first-order valence-electron chi connectivity index (χ1n) is 11.5. The third kappa shape index (κ3) is 5.65. The van der Waals surface area contributed by atoms with Crippen LogP contribution in [0.15, 0.2) is 52.3 Å². The van der Waals surface area contributed by atoms with Gasteiger partial charge in [-0.2, -0.15) is 4.31 Å². The van der Waals surface area contributed by atoms with Gasteiger partial charge in [0, 0.05) is 36.1 Å². The normalized spacial score (nSPS) is 15.8. The number of aryl methyl sites for hydroxylation is 1. The summed E-state index contributed by atoms with van der Waals surface area (Å²) < 4.78 is 29.4. The molecule has 0 saturated carbocycles. The first-order valence-corrected chi connectivity index (χ1v) is 12.9. The molecule has 2 aromatic carbocycles. The summed E-state index contributed by atoms with van der Waals surface area (Å²) in [6.07, 6.45) is 2.10. The fourth-order valence-corrected chi connectivity index (χ4v) is 6.52. The van der Waals surface area contributed by atoms with E-state index in [9.17, 15) is 33.2 Å². The molecule has 1 fully saturated rings. The van der Waals surface area contributed by atoms with Crippen LogP contribution in [-0.4, -0.2) is 59.2 Å². The van der Waals surface area contributed by atoms with E-state index in [0.717, 1.165) is 0 Å². The molecular weight excluding hydrogens is 540 g/mol. The minimum atomic E-state index is -3.89. The topological polar surface area (TPSA) is 175 Å². The van der Waals surface area contributed by atoms with Crippen molar-refractivity contribution in [3.05, 3.63) is 85.3 Å². The summed E-state index contributed by atoms with van der Waals surface area (Å²) in [6.45, 7) is 1.76. The fourth-order valence-electron chi connectivity index (χ4n) is 4.73. The van der Waals surface area contributed by atoms with Gasteiger partial charge in [-0.1, -0.05) is 18.2 Å². The van der Waals surface area contributed by atoms with Crippen molar-refractivity contribution in [2.75, 3.05) is 19.7 Å². The van der Waals surface area contributed by atoms with Crippen LogP contribution in [0.5, 0.6) is 0 Å². The van der Waals surface area contributed by atoms with Crippen molar-refractivity contribution < 1.29 is 28.2 Å². The molecule has 204 valence electrons. The Morgan fingerprint density at radius 3 is 2.61 bits per heavy atom. The molecule has 1 atom stereocenters. The SMILES string of the molecule is Cc1cn(Cc2c(CCO[N+](=O)[O-])cccc2C(=O)O)c(=O)c2cccc(S(=O)(=O)N3CC[C@H](N)C3)c12.Cl. The molecule has 0 unspecified atom stereocenters. The summed E-state index contributed by atoms with van der Waals surface area (Å²) in [4.78, 5) is 40.4. The van der Waals surface area contributed by atoms with E-state index in [4.69, 9.17) is 5.73 Å². The number of halogens is 1. The number of fused-ring (bicyclic) bond motifs is 1. The second-order valence-electron chi connectivity index (χ2n) is 8.89. The van der Waals surface area contributed by atoms with Crippen LogP contribution in [0, 0.1) is 17.0 Å². The quantitative estimate of drug-likeness (QED) is 0.289. The maximum Gasteiger partial charge on any atom is 0.336 e. The van der Waals surface area contributed by atoms with Gasteiger partial charge in [-0.05, 0) is 54.7 Å². The second kappa shape index (κ2) is 11.5. The number of hydrogen-bond acceptors (Lipinski definition) is 8. The van der Waals surface area contributed by atoms with E-state index in [1.165, 1.54) is 45.4 Å². The molecule has 38 heavy (non-hydrogen) atoms. The van der Waals surface area contributed by atoms with Crippen LogP contribution < -0.4 is 11.3 Å². The lowest BCUT2D eigenvalue weighted by molar-refractivity contribution is -0.757. The first-order chi connectivity index (χ1) is 17.5. The number of nitrogens with two attached hydrogens (primary N) is 1. The molecule has 4 rings (SSSR count). The number of hydrogen-bond donors (Lipinski definition) is 2. The molecule has 3 N–H and O–H groups in total. The largest absolute Gasteiger partial charge is 0.478 e. The summed E-state index contributed by atoms with van der Waals surface area (Å²) in [5.74, 6) is -1.21. The van der Waals surface area contributed by atoms with E-state index in [1.807, 2.05) is 0 Å². The number of carboxylic acid groups (broad SMARTS) is 1. The van der Waals surface area contributed by atoms with Crippen molar-refractivity contribution >= 4 is 39.2 Å². The Balaban J connectivity index is 0.00000400.